The van der Waals surface area contributed by atoms with Crippen molar-refractivity contribution in [3.05, 3.63) is 47.7 Å². The highest BCUT2D eigenvalue weighted by atomic mass is 35.5. The lowest BCUT2D eigenvalue weighted by molar-refractivity contribution is -0.0953. The molecule has 0 amide bonds. The third kappa shape index (κ3) is 3.22. The molecule has 6 heteroatoms. The molecule has 0 saturated carbocycles. The summed E-state index contributed by atoms with van der Waals surface area (Å²) in [6.45, 7) is 0. The summed E-state index contributed by atoms with van der Waals surface area (Å²) in [6, 6.07) is 7.57. The van der Waals surface area contributed by atoms with Gasteiger partial charge in [-0.1, -0.05) is 12.1 Å². The molecule has 0 aromatic heterocycles. The summed E-state index contributed by atoms with van der Waals surface area (Å²) >= 11 is 0. The van der Waals surface area contributed by atoms with Crippen LogP contribution in [-0.4, -0.2) is 33.2 Å². The minimum absolute atomic E-state index is 0. The Bertz CT molecular complexity index is 542. The molecule has 0 radical (unpaired) electrons. The van der Waals surface area contributed by atoms with Gasteiger partial charge in [-0.25, -0.2) is 0 Å². The summed E-state index contributed by atoms with van der Waals surface area (Å²) < 4.78 is 16.2. The zero-order valence-electron chi connectivity index (χ0n) is 12.3. The third-order valence-corrected chi connectivity index (χ3v) is 3.48. The SMILES string of the molecule is COC1=CC(c2ccc(N)cc2)=CC(OC)C1(N)OC.Cl. The number of rotatable bonds is 4. The van der Waals surface area contributed by atoms with E-state index < -0.39 is 11.8 Å². The molecular formula is C15H21ClN2O3. The van der Waals surface area contributed by atoms with Gasteiger partial charge in [0.2, 0.25) is 5.72 Å². The maximum Gasteiger partial charge on any atom is 0.204 e. The monoisotopic (exact) mass is 312 g/mol. The van der Waals surface area contributed by atoms with E-state index in [1.807, 2.05) is 36.4 Å². The Morgan fingerprint density at radius 1 is 1.10 bits per heavy atom. The molecule has 2 rings (SSSR count). The van der Waals surface area contributed by atoms with Gasteiger partial charge in [-0.3, -0.25) is 5.73 Å². The van der Waals surface area contributed by atoms with Gasteiger partial charge in [0, 0.05) is 19.9 Å². The highest BCUT2D eigenvalue weighted by Crippen LogP contribution is 2.33. The standard InChI is InChI=1S/C15H20N2O3.ClH/c1-18-13-8-11(10-4-6-12(16)7-5-10)9-14(19-2)15(13,17)20-3;/h4-9,13H,16-17H2,1-3H3;1H. The normalized spacial score (nSPS) is 24.7. The highest BCUT2D eigenvalue weighted by Gasteiger charge is 2.42. The second-order valence-corrected chi connectivity index (χ2v) is 4.61. The molecule has 0 bridgehead atoms. The highest BCUT2D eigenvalue weighted by molar-refractivity contribution is 5.85. The number of allylic oxidation sites excluding steroid dienone is 2. The van der Waals surface area contributed by atoms with Gasteiger partial charge < -0.3 is 19.9 Å². The topological polar surface area (TPSA) is 79.7 Å². The maximum absolute atomic E-state index is 6.23. The van der Waals surface area contributed by atoms with Gasteiger partial charge in [0.25, 0.3) is 0 Å². The van der Waals surface area contributed by atoms with Crippen LogP contribution in [0.4, 0.5) is 5.69 Å². The lowest BCUT2D eigenvalue weighted by Crippen LogP contribution is -2.55. The van der Waals surface area contributed by atoms with Crippen molar-refractivity contribution in [3.8, 4) is 0 Å². The average molecular weight is 313 g/mol. The smallest absolute Gasteiger partial charge is 0.204 e. The second-order valence-electron chi connectivity index (χ2n) is 4.61. The Morgan fingerprint density at radius 3 is 2.19 bits per heavy atom. The fourth-order valence-corrected chi connectivity index (χ4v) is 2.26. The van der Waals surface area contributed by atoms with Gasteiger partial charge in [0.15, 0.2) is 0 Å². The minimum Gasteiger partial charge on any atom is -0.496 e. The Kier molecular flexibility index (Phi) is 5.80. The van der Waals surface area contributed by atoms with E-state index in [9.17, 15) is 0 Å². The van der Waals surface area contributed by atoms with Crippen molar-refractivity contribution in [1.29, 1.82) is 0 Å². The summed E-state index contributed by atoms with van der Waals surface area (Å²) in [7, 11) is 4.67. The van der Waals surface area contributed by atoms with E-state index in [0.29, 0.717) is 5.76 Å². The van der Waals surface area contributed by atoms with Crippen LogP contribution in [-0.2, 0) is 14.2 Å². The molecular weight excluding hydrogens is 292 g/mol. The molecule has 2 unspecified atom stereocenters. The molecule has 0 aliphatic heterocycles. The molecule has 1 aromatic carbocycles. The summed E-state index contributed by atoms with van der Waals surface area (Å²) in [5, 5.41) is 0. The predicted octanol–water partition coefficient (Wildman–Crippen LogP) is 1.93. The van der Waals surface area contributed by atoms with E-state index in [1.165, 1.54) is 7.11 Å². The zero-order chi connectivity index (χ0) is 14.8. The van der Waals surface area contributed by atoms with Crippen LogP contribution < -0.4 is 11.5 Å². The number of nitrogens with two attached hydrogens (primary N) is 2. The van der Waals surface area contributed by atoms with E-state index in [1.54, 1.807) is 14.2 Å². The lowest BCUT2D eigenvalue weighted by atomic mass is 9.91. The second kappa shape index (κ2) is 6.95. The summed E-state index contributed by atoms with van der Waals surface area (Å²) in [5.74, 6) is 0.515. The van der Waals surface area contributed by atoms with Crippen LogP contribution in [0.15, 0.2) is 42.2 Å². The van der Waals surface area contributed by atoms with E-state index in [-0.39, 0.29) is 12.4 Å². The van der Waals surface area contributed by atoms with Crippen LogP contribution >= 0.6 is 12.4 Å². The van der Waals surface area contributed by atoms with Gasteiger partial charge in [0.05, 0.1) is 7.11 Å². The van der Waals surface area contributed by atoms with Crippen molar-refractivity contribution in [2.24, 2.45) is 5.73 Å². The largest absolute Gasteiger partial charge is 0.496 e. The first kappa shape index (κ1) is 17.5. The first-order valence-corrected chi connectivity index (χ1v) is 6.26. The summed E-state index contributed by atoms with van der Waals surface area (Å²) in [6.07, 6.45) is 3.32. The molecule has 0 spiro atoms. The summed E-state index contributed by atoms with van der Waals surface area (Å²) in [5.41, 5.74) is 13.5. The first-order chi connectivity index (χ1) is 9.55. The molecule has 2 atom stereocenters. The predicted molar refractivity (Wildman–Crippen MR) is 85.9 cm³/mol. The van der Waals surface area contributed by atoms with Crippen LogP contribution in [0.3, 0.4) is 0 Å². The van der Waals surface area contributed by atoms with E-state index in [4.69, 9.17) is 25.7 Å². The number of nitrogen functional groups attached to an aromatic ring is 1. The van der Waals surface area contributed by atoms with Crippen LogP contribution in [0, 0.1) is 0 Å². The lowest BCUT2D eigenvalue weighted by Gasteiger charge is -2.37. The Morgan fingerprint density at radius 2 is 1.71 bits per heavy atom. The third-order valence-electron chi connectivity index (χ3n) is 3.48. The van der Waals surface area contributed by atoms with Gasteiger partial charge >= 0.3 is 0 Å². The van der Waals surface area contributed by atoms with Crippen LogP contribution in [0.25, 0.3) is 5.57 Å². The van der Waals surface area contributed by atoms with Crippen LogP contribution in [0.2, 0.25) is 0 Å². The molecule has 0 fully saturated rings. The Hall–Kier alpha value is -1.53. The molecule has 116 valence electrons. The van der Waals surface area contributed by atoms with Crippen molar-refractivity contribution < 1.29 is 14.2 Å². The van der Waals surface area contributed by atoms with E-state index in [2.05, 4.69) is 0 Å². The number of ether oxygens (including phenoxy) is 3. The van der Waals surface area contributed by atoms with Gasteiger partial charge in [0.1, 0.15) is 11.9 Å². The Balaban J connectivity index is 0.00000220. The molecule has 5 nitrogen and oxygen atoms in total. The van der Waals surface area contributed by atoms with E-state index in [0.717, 1.165) is 16.8 Å². The summed E-state index contributed by atoms with van der Waals surface area (Å²) in [4.78, 5) is 0. The number of hydrogen-bond donors (Lipinski definition) is 2. The molecule has 1 aromatic rings. The van der Waals surface area contributed by atoms with Gasteiger partial charge in [-0.05, 0) is 35.4 Å². The quantitative estimate of drug-likeness (QED) is 0.656. The van der Waals surface area contributed by atoms with Gasteiger partial charge in [-0.2, -0.15) is 0 Å². The van der Waals surface area contributed by atoms with Crippen molar-refractivity contribution in [1.82, 2.24) is 0 Å². The zero-order valence-corrected chi connectivity index (χ0v) is 13.1. The van der Waals surface area contributed by atoms with Crippen molar-refractivity contribution >= 4 is 23.7 Å². The van der Waals surface area contributed by atoms with Gasteiger partial charge in [-0.15, -0.1) is 12.4 Å². The fourth-order valence-electron chi connectivity index (χ4n) is 2.26. The number of halogens is 1. The minimum atomic E-state index is -1.12. The van der Waals surface area contributed by atoms with Crippen molar-refractivity contribution in [3.63, 3.8) is 0 Å². The molecule has 1 aliphatic rings. The molecule has 1 aliphatic carbocycles. The molecule has 0 saturated heterocycles. The molecule has 0 heterocycles. The number of methoxy groups -OCH3 is 3. The van der Waals surface area contributed by atoms with Crippen molar-refractivity contribution in [2.75, 3.05) is 27.1 Å². The Labute approximate surface area is 131 Å². The number of benzene rings is 1. The number of anilines is 1. The molecule has 21 heavy (non-hydrogen) atoms. The fraction of sp³-hybridized carbons (Fsp3) is 0.333. The molecule has 4 N–H and O–H groups in total. The first-order valence-electron chi connectivity index (χ1n) is 6.26. The number of hydrogen-bond acceptors (Lipinski definition) is 5. The van der Waals surface area contributed by atoms with Crippen molar-refractivity contribution in [2.45, 2.75) is 11.8 Å². The van der Waals surface area contributed by atoms with Crippen LogP contribution in [0.5, 0.6) is 0 Å². The maximum atomic E-state index is 6.23. The van der Waals surface area contributed by atoms with Crippen LogP contribution in [0.1, 0.15) is 5.56 Å². The average Bonchev–Trinajstić information content (AvgIpc) is 2.48. The van der Waals surface area contributed by atoms with E-state index >= 15 is 0 Å².